The number of nitrogens with one attached hydrogen (secondary N) is 1. The van der Waals surface area contributed by atoms with Gasteiger partial charge in [-0.3, -0.25) is 19.2 Å². The van der Waals surface area contributed by atoms with Gasteiger partial charge in [0.05, 0.1) is 31.2 Å². The molecule has 7 atom stereocenters. The Labute approximate surface area is 285 Å². The minimum Gasteiger partial charge on any atom is -0.455 e. The van der Waals surface area contributed by atoms with E-state index >= 15 is 4.79 Å². The van der Waals surface area contributed by atoms with Gasteiger partial charge in [0.2, 0.25) is 11.8 Å². The van der Waals surface area contributed by atoms with Gasteiger partial charge in [-0.1, -0.05) is 98.8 Å². The fourth-order valence-electron chi connectivity index (χ4n) is 7.87. The van der Waals surface area contributed by atoms with Crippen molar-refractivity contribution in [3.8, 4) is 0 Å². The molecule has 3 aromatic carbocycles. The van der Waals surface area contributed by atoms with Crippen molar-refractivity contribution in [1.82, 2.24) is 10.2 Å². The van der Waals surface area contributed by atoms with Gasteiger partial charge < -0.3 is 29.7 Å². The molecule has 10 nitrogen and oxygen atoms in total. The molecular formula is C39H41N3O7. The van der Waals surface area contributed by atoms with Crippen molar-refractivity contribution < 1.29 is 33.8 Å². The summed E-state index contributed by atoms with van der Waals surface area (Å²) in [6, 6.07) is 20.9. The molecule has 4 aliphatic heterocycles. The van der Waals surface area contributed by atoms with E-state index in [0.717, 1.165) is 10.8 Å². The van der Waals surface area contributed by atoms with E-state index in [0.29, 0.717) is 17.7 Å². The average molecular weight is 664 g/mol. The van der Waals surface area contributed by atoms with E-state index in [-0.39, 0.29) is 37.9 Å². The Morgan fingerprint density at radius 3 is 2.45 bits per heavy atom. The number of fused-ring (bicyclic) bond motifs is 3. The van der Waals surface area contributed by atoms with E-state index in [1.54, 1.807) is 17.1 Å². The molecule has 254 valence electrons. The summed E-state index contributed by atoms with van der Waals surface area (Å²) < 4.78 is 12.7. The molecule has 0 saturated carbocycles. The van der Waals surface area contributed by atoms with Crippen LogP contribution in [0, 0.1) is 17.8 Å². The van der Waals surface area contributed by atoms with Crippen LogP contribution in [-0.2, 0) is 28.7 Å². The highest BCUT2D eigenvalue weighted by Gasteiger charge is 2.74. The number of likely N-dealkylation sites (tertiary alicyclic amines) is 1. The summed E-state index contributed by atoms with van der Waals surface area (Å²) in [6.45, 7) is 3.63. The van der Waals surface area contributed by atoms with Crippen molar-refractivity contribution in [3.05, 3.63) is 103 Å². The lowest BCUT2D eigenvalue weighted by Gasteiger charge is -2.40. The Morgan fingerprint density at radius 2 is 1.69 bits per heavy atom. The second-order valence-electron chi connectivity index (χ2n) is 13.6. The highest BCUT2D eigenvalue weighted by atomic mass is 16.6. The van der Waals surface area contributed by atoms with Crippen LogP contribution in [-0.4, -0.2) is 77.2 Å². The summed E-state index contributed by atoms with van der Waals surface area (Å²) in [4.78, 5) is 60.0. The minimum atomic E-state index is -1.45. The van der Waals surface area contributed by atoms with Crippen molar-refractivity contribution in [2.45, 2.75) is 56.6 Å². The summed E-state index contributed by atoms with van der Waals surface area (Å²) in [5.41, 5.74) is -0.130. The molecule has 0 aromatic heterocycles. The molecule has 0 unspecified atom stereocenters. The monoisotopic (exact) mass is 663 g/mol. The molecule has 2 N–H and O–H groups in total. The third-order valence-electron chi connectivity index (χ3n) is 10.3. The molecule has 2 saturated heterocycles. The van der Waals surface area contributed by atoms with Gasteiger partial charge in [0.25, 0.3) is 5.91 Å². The maximum absolute atomic E-state index is 15.1. The highest BCUT2D eigenvalue weighted by Crippen LogP contribution is 2.56. The number of hydrogen-bond donors (Lipinski definition) is 2. The summed E-state index contributed by atoms with van der Waals surface area (Å²) in [5, 5.41) is 15.5. The molecular weight excluding hydrogens is 622 g/mol. The first-order chi connectivity index (χ1) is 23.7. The first-order valence-electron chi connectivity index (χ1n) is 17.0. The SMILES string of the molecule is CC(C)[C@H](CO)N1C(=O)[C@@H]2[C@H]3C(=O)O[C@@H](c4ccccc4)CNC(=O)CC/C=C\CN(c4ccc5ccccc5c4)C(=O)[C@@H]1[C@]21C=C[C@H]3O1. The van der Waals surface area contributed by atoms with Gasteiger partial charge in [-0.25, -0.2) is 0 Å². The highest BCUT2D eigenvalue weighted by molar-refractivity contribution is 6.06. The Kier molecular flexibility index (Phi) is 8.85. The van der Waals surface area contributed by atoms with Gasteiger partial charge in [-0.15, -0.1) is 0 Å². The fourth-order valence-corrected chi connectivity index (χ4v) is 7.87. The van der Waals surface area contributed by atoms with Gasteiger partial charge >= 0.3 is 5.97 Å². The number of ether oxygens (including phenoxy) is 2. The molecule has 1 spiro atoms. The largest absolute Gasteiger partial charge is 0.455 e. The van der Waals surface area contributed by atoms with Crippen LogP contribution in [0.3, 0.4) is 0 Å². The molecule has 4 aliphatic rings. The van der Waals surface area contributed by atoms with E-state index in [1.807, 2.05) is 98.8 Å². The van der Waals surface area contributed by atoms with Crippen LogP contribution in [0.25, 0.3) is 10.8 Å². The zero-order valence-corrected chi connectivity index (χ0v) is 27.6. The molecule has 5 bridgehead atoms. The van der Waals surface area contributed by atoms with Crippen molar-refractivity contribution in [3.63, 3.8) is 0 Å². The number of esters is 1. The van der Waals surface area contributed by atoms with Crippen LogP contribution in [0.4, 0.5) is 5.69 Å². The Bertz CT molecular complexity index is 1820. The molecule has 3 aromatic rings. The van der Waals surface area contributed by atoms with E-state index in [9.17, 15) is 19.5 Å². The number of benzene rings is 3. The topological polar surface area (TPSA) is 125 Å². The van der Waals surface area contributed by atoms with Crippen LogP contribution >= 0.6 is 0 Å². The summed E-state index contributed by atoms with van der Waals surface area (Å²) in [6.07, 6.45) is 6.27. The molecule has 4 heterocycles. The molecule has 3 amide bonds. The second kappa shape index (κ2) is 13.2. The number of rotatable bonds is 5. The summed E-state index contributed by atoms with van der Waals surface area (Å²) in [7, 11) is 0. The number of carbonyl (C=O) groups is 4. The maximum atomic E-state index is 15.1. The van der Waals surface area contributed by atoms with E-state index in [4.69, 9.17) is 9.47 Å². The number of anilines is 1. The first-order valence-corrected chi connectivity index (χ1v) is 17.0. The third-order valence-corrected chi connectivity index (χ3v) is 10.3. The van der Waals surface area contributed by atoms with Gasteiger partial charge in [-0.2, -0.15) is 0 Å². The summed E-state index contributed by atoms with van der Waals surface area (Å²) in [5.74, 6) is -3.95. The number of aliphatic hydroxyl groups excluding tert-OH is 1. The van der Waals surface area contributed by atoms with E-state index in [2.05, 4.69) is 5.32 Å². The Morgan fingerprint density at radius 1 is 0.939 bits per heavy atom. The number of allylic oxidation sites excluding steroid dienone is 1. The van der Waals surface area contributed by atoms with E-state index in [1.165, 1.54) is 4.90 Å². The predicted octanol–water partition coefficient (Wildman–Crippen LogP) is 4.09. The number of nitrogens with zero attached hydrogens (tertiary/aromatic N) is 2. The normalized spacial score (nSPS) is 30.1. The molecule has 7 rings (SSSR count). The zero-order chi connectivity index (χ0) is 34.3. The number of carbonyl (C=O) groups excluding carboxylic acids is 4. The zero-order valence-electron chi connectivity index (χ0n) is 27.6. The number of cyclic esters (lactones) is 1. The van der Waals surface area contributed by atoms with Gasteiger partial charge in [0.15, 0.2) is 0 Å². The smallest absolute Gasteiger partial charge is 0.313 e. The van der Waals surface area contributed by atoms with Crippen LogP contribution < -0.4 is 10.2 Å². The molecule has 10 heteroatoms. The predicted molar refractivity (Wildman–Crippen MR) is 183 cm³/mol. The summed E-state index contributed by atoms with van der Waals surface area (Å²) >= 11 is 0. The molecule has 49 heavy (non-hydrogen) atoms. The van der Waals surface area contributed by atoms with Crippen LogP contribution in [0.1, 0.15) is 38.4 Å². The minimum absolute atomic E-state index is 0.0546. The van der Waals surface area contributed by atoms with Gasteiger partial charge in [0, 0.05) is 18.7 Å². The molecule has 2 fully saturated rings. The lowest BCUT2D eigenvalue weighted by molar-refractivity contribution is -0.160. The number of aliphatic hydroxyl groups is 1. The Hall–Kier alpha value is -4.80. The van der Waals surface area contributed by atoms with Crippen molar-refractivity contribution in [2.75, 3.05) is 24.6 Å². The quantitative estimate of drug-likeness (QED) is 0.311. The van der Waals surface area contributed by atoms with E-state index < -0.39 is 59.5 Å². The van der Waals surface area contributed by atoms with Gasteiger partial charge in [-0.05, 0) is 40.8 Å². The number of amides is 3. The third kappa shape index (κ3) is 5.72. The lowest BCUT2D eigenvalue weighted by atomic mass is 9.74. The average Bonchev–Trinajstić information content (AvgIpc) is 3.75. The van der Waals surface area contributed by atoms with Crippen molar-refractivity contribution >= 4 is 40.2 Å². The Balaban J connectivity index is 1.35. The lowest BCUT2D eigenvalue weighted by Crippen LogP contribution is -2.59. The van der Waals surface area contributed by atoms with Crippen molar-refractivity contribution in [2.24, 2.45) is 17.8 Å². The van der Waals surface area contributed by atoms with Gasteiger partial charge in [0.1, 0.15) is 23.7 Å². The number of hydrogen-bond acceptors (Lipinski definition) is 7. The second-order valence-corrected chi connectivity index (χ2v) is 13.6. The van der Waals surface area contributed by atoms with Crippen LogP contribution in [0.5, 0.6) is 0 Å². The molecule has 0 aliphatic carbocycles. The van der Waals surface area contributed by atoms with Crippen LogP contribution in [0.15, 0.2) is 97.1 Å². The fraction of sp³-hybridized carbons (Fsp3) is 0.385. The van der Waals surface area contributed by atoms with Crippen LogP contribution in [0.2, 0.25) is 0 Å². The first kappa shape index (κ1) is 32.7. The molecule has 0 radical (unpaired) electrons. The standard InChI is InChI=1S/C39H41N3O7/c1-24(2)29(23-43)42-35-37(46)41(28-17-16-25-11-8-9-14-27(25)21-28)20-10-4-7-15-32(44)40-22-31(26-12-5-3-6-13-26)48-38(47)33-30-18-19-39(35,49-30)34(33)36(42)45/h3-6,8-14,16-19,21,24,29-31,33-35,43H,7,15,20,22-23H2,1-2H3,(H,40,44)/b10-4-/t29-,30+,31+,33-,34-,35+,39-/m0/s1. The van der Waals surface area contributed by atoms with Crippen molar-refractivity contribution in [1.29, 1.82) is 0 Å². The maximum Gasteiger partial charge on any atom is 0.313 e.